The molecule has 6 nitrogen and oxygen atoms in total. The zero-order valence-electron chi connectivity index (χ0n) is 11.2. The second-order valence-corrected chi connectivity index (χ2v) is 5.38. The molecule has 0 saturated carbocycles. The lowest BCUT2D eigenvalue weighted by Gasteiger charge is -2.37. The third-order valence-corrected chi connectivity index (χ3v) is 3.40. The van der Waals surface area contributed by atoms with E-state index in [4.69, 9.17) is 19.7 Å². The van der Waals surface area contributed by atoms with Gasteiger partial charge in [0.15, 0.2) is 0 Å². The van der Waals surface area contributed by atoms with Crippen LogP contribution >= 0.6 is 0 Å². The monoisotopic (exact) mass is 262 g/mol. The Morgan fingerprint density at radius 1 is 1.06 bits per heavy atom. The number of hydrogen-bond acceptors (Lipinski definition) is 5. The summed E-state index contributed by atoms with van der Waals surface area (Å²) in [7, 11) is 0. The van der Waals surface area contributed by atoms with Crippen molar-refractivity contribution in [2.45, 2.75) is 37.8 Å². The molecule has 6 heteroatoms. The van der Waals surface area contributed by atoms with Crippen LogP contribution in [0, 0.1) is 0 Å². The summed E-state index contributed by atoms with van der Waals surface area (Å²) >= 11 is 0. The highest BCUT2D eigenvalue weighted by molar-refractivity contribution is 5.01. The summed E-state index contributed by atoms with van der Waals surface area (Å²) in [5, 5.41) is 30.9. The van der Waals surface area contributed by atoms with Gasteiger partial charge in [-0.3, -0.25) is 0 Å². The van der Waals surface area contributed by atoms with Gasteiger partial charge in [0.25, 0.3) is 0 Å². The molecular weight excluding hydrogens is 238 g/mol. The topological polar surface area (TPSA) is 82.1 Å². The summed E-state index contributed by atoms with van der Waals surface area (Å²) in [5.41, 5.74) is -1.13. The predicted octanol–water partition coefficient (Wildman–Crippen LogP) is -0.0371. The molecular formula is C12H24NO5. The zero-order valence-corrected chi connectivity index (χ0v) is 11.2. The molecule has 0 aromatic rings. The minimum Gasteiger partial charge on any atom is -0.394 e. The van der Waals surface area contributed by atoms with Crippen molar-refractivity contribution in [3.8, 4) is 0 Å². The highest BCUT2D eigenvalue weighted by Gasteiger charge is 2.51. The van der Waals surface area contributed by atoms with Gasteiger partial charge in [-0.05, 0) is 26.7 Å². The molecule has 0 spiro atoms. The Labute approximate surface area is 108 Å². The summed E-state index contributed by atoms with van der Waals surface area (Å²) in [6.45, 7) is 4.61. The van der Waals surface area contributed by atoms with Crippen LogP contribution in [0.15, 0.2) is 0 Å². The average molecular weight is 262 g/mol. The summed E-state index contributed by atoms with van der Waals surface area (Å²) in [4.78, 5) is 0. The van der Waals surface area contributed by atoms with Crippen molar-refractivity contribution < 1.29 is 24.9 Å². The van der Waals surface area contributed by atoms with E-state index in [-0.39, 0.29) is 39.6 Å². The maximum Gasteiger partial charge on any atom is 0.0965 e. The van der Waals surface area contributed by atoms with Crippen LogP contribution in [0.5, 0.6) is 0 Å². The minimum absolute atomic E-state index is 0.0597. The lowest BCUT2D eigenvalue weighted by atomic mass is 9.98. The predicted molar refractivity (Wildman–Crippen MR) is 64.4 cm³/mol. The largest absolute Gasteiger partial charge is 0.394 e. The molecule has 0 aliphatic carbocycles. The first kappa shape index (κ1) is 15.8. The molecule has 0 amide bonds. The Morgan fingerprint density at radius 3 is 1.89 bits per heavy atom. The van der Waals surface area contributed by atoms with Crippen LogP contribution in [0.1, 0.15) is 26.7 Å². The van der Waals surface area contributed by atoms with Gasteiger partial charge >= 0.3 is 0 Å². The zero-order chi connectivity index (χ0) is 13.6. The standard InChI is InChI=1S/C12H24NO5/c1-11(2)3-4-12(13(11)16,9-17-7-5-14)10-18-8-6-15/h14-15H,3-10H2,1-2H3. The number of ether oxygens (including phenoxy) is 2. The third kappa shape index (κ3) is 3.63. The van der Waals surface area contributed by atoms with E-state index >= 15 is 0 Å². The van der Waals surface area contributed by atoms with Crippen LogP contribution < -0.4 is 0 Å². The van der Waals surface area contributed by atoms with Crippen LogP contribution in [-0.2, 0) is 14.7 Å². The molecule has 1 aliphatic rings. The summed E-state index contributed by atoms with van der Waals surface area (Å²) in [6.07, 6.45) is 1.47. The highest BCUT2D eigenvalue weighted by Crippen LogP contribution is 2.40. The Hall–Kier alpha value is -0.240. The van der Waals surface area contributed by atoms with E-state index in [0.29, 0.717) is 6.42 Å². The fourth-order valence-electron chi connectivity index (χ4n) is 2.34. The van der Waals surface area contributed by atoms with Crippen molar-refractivity contribution in [2.24, 2.45) is 0 Å². The quantitative estimate of drug-likeness (QED) is 0.600. The Kier molecular flexibility index (Phi) is 5.97. The lowest BCUT2D eigenvalue weighted by Crippen LogP contribution is -2.54. The molecule has 0 aromatic carbocycles. The van der Waals surface area contributed by atoms with Crippen molar-refractivity contribution in [2.75, 3.05) is 39.6 Å². The van der Waals surface area contributed by atoms with E-state index in [1.165, 1.54) is 0 Å². The SMILES string of the molecule is CC1(C)CCC(COCCO)(COCCO)N1[O]. The molecule has 0 atom stereocenters. The number of aliphatic hydroxyl groups is 2. The maximum absolute atomic E-state index is 12.4. The summed E-state index contributed by atoms with van der Waals surface area (Å²) < 4.78 is 10.7. The van der Waals surface area contributed by atoms with Gasteiger partial charge in [-0.2, -0.15) is 0 Å². The number of hydroxylamine groups is 2. The Balaban J connectivity index is 2.63. The van der Waals surface area contributed by atoms with Crippen molar-refractivity contribution in [3.63, 3.8) is 0 Å². The molecule has 1 aliphatic heterocycles. The van der Waals surface area contributed by atoms with E-state index in [1.54, 1.807) is 0 Å². The molecule has 1 radical (unpaired) electrons. The molecule has 0 aromatic heterocycles. The molecule has 2 N–H and O–H groups in total. The van der Waals surface area contributed by atoms with Gasteiger partial charge < -0.3 is 19.7 Å². The van der Waals surface area contributed by atoms with E-state index in [2.05, 4.69) is 0 Å². The smallest absolute Gasteiger partial charge is 0.0965 e. The van der Waals surface area contributed by atoms with Crippen LogP contribution in [-0.4, -0.2) is 66.0 Å². The van der Waals surface area contributed by atoms with Gasteiger partial charge in [-0.1, -0.05) is 0 Å². The van der Waals surface area contributed by atoms with Gasteiger partial charge in [-0.15, -0.1) is 10.3 Å². The first-order valence-electron chi connectivity index (χ1n) is 6.33. The van der Waals surface area contributed by atoms with Crippen molar-refractivity contribution >= 4 is 0 Å². The highest BCUT2D eigenvalue weighted by atomic mass is 16.5. The van der Waals surface area contributed by atoms with E-state index in [9.17, 15) is 5.21 Å². The summed E-state index contributed by atoms with van der Waals surface area (Å²) in [6, 6.07) is 0. The molecule has 0 bridgehead atoms. The molecule has 1 saturated heterocycles. The Morgan fingerprint density at radius 2 is 1.56 bits per heavy atom. The second kappa shape index (κ2) is 6.79. The van der Waals surface area contributed by atoms with Gasteiger partial charge in [0.2, 0.25) is 0 Å². The van der Waals surface area contributed by atoms with Crippen LogP contribution in [0.2, 0.25) is 0 Å². The lowest BCUT2D eigenvalue weighted by molar-refractivity contribution is -0.273. The van der Waals surface area contributed by atoms with Crippen LogP contribution in [0.25, 0.3) is 0 Å². The van der Waals surface area contributed by atoms with Crippen LogP contribution in [0.3, 0.4) is 0 Å². The van der Waals surface area contributed by atoms with E-state index in [0.717, 1.165) is 11.5 Å². The van der Waals surface area contributed by atoms with Gasteiger partial charge in [0.1, 0.15) is 0 Å². The minimum atomic E-state index is -0.701. The second-order valence-electron chi connectivity index (χ2n) is 5.38. The van der Waals surface area contributed by atoms with Gasteiger partial charge in [-0.25, -0.2) is 0 Å². The molecule has 107 valence electrons. The number of aliphatic hydroxyl groups excluding tert-OH is 2. The van der Waals surface area contributed by atoms with Crippen molar-refractivity contribution in [1.82, 2.24) is 5.06 Å². The van der Waals surface area contributed by atoms with Gasteiger partial charge in [0.05, 0.1) is 45.2 Å². The molecule has 1 heterocycles. The first-order chi connectivity index (χ1) is 8.48. The average Bonchev–Trinajstić information content (AvgIpc) is 2.55. The normalized spacial score (nSPS) is 22.5. The molecule has 18 heavy (non-hydrogen) atoms. The van der Waals surface area contributed by atoms with E-state index < -0.39 is 11.1 Å². The third-order valence-electron chi connectivity index (χ3n) is 3.40. The Bertz CT molecular complexity index is 237. The number of rotatable bonds is 8. The fourth-order valence-corrected chi connectivity index (χ4v) is 2.34. The maximum atomic E-state index is 12.4. The van der Waals surface area contributed by atoms with Crippen molar-refractivity contribution in [1.29, 1.82) is 0 Å². The number of hydrogen-bond donors (Lipinski definition) is 2. The number of nitrogens with zero attached hydrogens (tertiary/aromatic N) is 1. The fraction of sp³-hybridized carbons (Fsp3) is 1.00. The molecule has 0 unspecified atom stereocenters. The van der Waals surface area contributed by atoms with Crippen molar-refractivity contribution in [3.05, 3.63) is 0 Å². The molecule has 1 fully saturated rings. The van der Waals surface area contributed by atoms with Gasteiger partial charge in [0, 0.05) is 5.54 Å². The first-order valence-corrected chi connectivity index (χ1v) is 6.33. The molecule has 1 rings (SSSR count). The van der Waals surface area contributed by atoms with E-state index in [1.807, 2.05) is 13.8 Å². The summed E-state index contributed by atoms with van der Waals surface area (Å²) in [5.74, 6) is 0. The van der Waals surface area contributed by atoms with Crippen LogP contribution in [0.4, 0.5) is 0 Å².